The molecule has 0 saturated carbocycles. The lowest BCUT2D eigenvalue weighted by Gasteiger charge is -2.11. The van der Waals surface area contributed by atoms with E-state index in [2.05, 4.69) is 28.5 Å². The van der Waals surface area contributed by atoms with E-state index < -0.39 is 0 Å². The minimum atomic E-state index is 0.328. The van der Waals surface area contributed by atoms with E-state index >= 15 is 0 Å². The summed E-state index contributed by atoms with van der Waals surface area (Å²) in [5.41, 5.74) is 6.77. The second-order valence-corrected chi connectivity index (χ2v) is 4.05. The van der Waals surface area contributed by atoms with Gasteiger partial charge in [-0.3, -0.25) is 0 Å². The molecule has 0 saturated heterocycles. The first-order chi connectivity index (χ1) is 7.72. The van der Waals surface area contributed by atoms with Crippen LogP contribution in [0.1, 0.15) is 31.4 Å². The molecule has 0 aliphatic heterocycles. The van der Waals surface area contributed by atoms with Crippen molar-refractivity contribution < 1.29 is 0 Å². The predicted octanol–water partition coefficient (Wildman–Crippen LogP) is 1.17. The van der Waals surface area contributed by atoms with Crippen molar-refractivity contribution >= 4 is 0 Å². The van der Waals surface area contributed by atoms with Crippen LogP contribution in [0.5, 0.6) is 0 Å². The van der Waals surface area contributed by atoms with Crippen LogP contribution in [0.4, 0.5) is 0 Å². The molecule has 0 atom stereocenters. The molecule has 2 heterocycles. The van der Waals surface area contributed by atoms with Gasteiger partial charge < -0.3 is 10.3 Å². The van der Waals surface area contributed by atoms with E-state index in [4.69, 9.17) is 5.73 Å². The van der Waals surface area contributed by atoms with Crippen LogP contribution in [0.15, 0.2) is 24.7 Å². The molecule has 2 aromatic heterocycles. The van der Waals surface area contributed by atoms with Gasteiger partial charge in [0.1, 0.15) is 12.2 Å². The van der Waals surface area contributed by atoms with Crippen LogP contribution in [0.3, 0.4) is 0 Å². The number of hydrogen-bond acceptors (Lipinski definition) is 3. The first-order valence-electron chi connectivity index (χ1n) is 5.45. The van der Waals surface area contributed by atoms with Gasteiger partial charge in [0, 0.05) is 24.5 Å². The van der Waals surface area contributed by atoms with Crippen molar-refractivity contribution in [3.63, 3.8) is 0 Å². The van der Waals surface area contributed by atoms with Crippen LogP contribution >= 0.6 is 0 Å². The molecule has 0 unspecified atom stereocenters. The molecular weight excluding hydrogens is 202 g/mol. The summed E-state index contributed by atoms with van der Waals surface area (Å²) in [4.78, 5) is 4.28. The summed E-state index contributed by atoms with van der Waals surface area (Å²) in [6.45, 7) is 5.45. The average Bonchev–Trinajstić information content (AvgIpc) is 2.86. The topological polar surface area (TPSA) is 61.7 Å². The molecule has 86 valence electrons. The number of nitrogens with two attached hydrogens (primary N) is 1. The summed E-state index contributed by atoms with van der Waals surface area (Å²) in [6, 6.07) is 4.35. The second-order valence-electron chi connectivity index (χ2n) is 4.05. The zero-order chi connectivity index (χ0) is 11.5. The Kier molecular flexibility index (Phi) is 3.05. The first-order valence-corrected chi connectivity index (χ1v) is 5.45. The van der Waals surface area contributed by atoms with Gasteiger partial charge in [0.05, 0.1) is 6.54 Å². The smallest absolute Gasteiger partial charge is 0.147 e. The summed E-state index contributed by atoms with van der Waals surface area (Å²) >= 11 is 0. The van der Waals surface area contributed by atoms with Crippen LogP contribution in [-0.4, -0.2) is 19.3 Å². The van der Waals surface area contributed by atoms with E-state index in [9.17, 15) is 0 Å². The fourth-order valence-electron chi connectivity index (χ4n) is 1.76. The van der Waals surface area contributed by atoms with Gasteiger partial charge >= 0.3 is 0 Å². The Bertz CT molecular complexity index is 454. The lowest BCUT2D eigenvalue weighted by molar-refractivity contribution is 0.494. The molecule has 0 fully saturated rings. The molecular formula is C11H17N5. The van der Waals surface area contributed by atoms with E-state index in [1.54, 1.807) is 6.33 Å². The SMILES string of the molecule is CC(C)n1ncnc1Cn1cccc1CN. The van der Waals surface area contributed by atoms with Gasteiger partial charge in [-0.05, 0) is 26.0 Å². The minimum Gasteiger partial charge on any atom is -0.343 e. The summed E-state index contributed by atoms with van der Waals surface area (Å²) in [7, 11) is 0. The van der Waals surface area contributed by atoms with Crippen molar-refractivity contribution in [3.8, 4) is 0 Å². The molecule has 2 aromatic rings. The Morgan fingerprint density at radius 3 is 2.94 bits per heavy atom. The molecule has 16 heavy (non-hydrogen) atoms. The summed E-state index contributed by atoms with van der Waals surface area (Å²) in [6.07, 6.45) is 3.61. The van der Waals surface area contributed by atoms with E-state index in [-0.39, 0.29) is 0 Å². The third-order valence-electron chi connectivity index (χ3n) is 2.58. The summed E-state index contributed by atoms with van der Waals surface area (Å²) in [5, 5.41) is 4.21. The van der Waals surface area contributed by atoms with Crippen molar-refractivity contribution in [1.29, 1.82) is 0 Å². The lowest BCUT2D eigenvalue weighted by Crippen LogP contribution is -2.14. The quantitative estimate of drug-likeness (QED) is 0.839. The number of aromatic nitrogens is 4. The molecule has 0 amide bonds. The predicted molar refractivity (Wildman–Crippen MR) is 61.8 cm³/mol. The van der Waals surface area contributed by atoms with Crippen LogP contribution in [0, 0.1) is 0 Å². The van der Waals surface area contributed by atoms with Gasteiger partial charge in [-0.2, -0.15) is 5.10 Å². The maximum atomic E-state index is 5.66. The normalized spacial score (nSPS) is 11.2. The van der Waals surface area contributed by atoms with E-state index in [1.165, 1.54) is 0 Å². The molecule has 0 radical (unpaired) electrons. The van der Waals surface area contributed by atoms with E-state index in [0.29, 0.717) is 12.6 Å². The van der Waals surface area contributed by atoms with Crippen LogP contribution in [0.2, 0.25) is 0 Å². The Balaban J connectivity index is 2.23. The van der Waals surface area contributed by atoms with Crippen molar-refractivity contribution in [3.05, 3.63) is 36.2 Å². The molecule has 2 rings (SSSR count). The minimum absolute atomic E-state index is 0.328. The summed E-state index contributed by atoms with van der Waals surface area (Å²) < 4.78 is 4.03. The maximum Gasteiger partial charge on any atom is 0.147 e. The molecule has 0 aliphatic carbocycles. The molecule has 5 nitrogen and oxygen atoms in total. The van der Waals surface area contributed by atoms with Gasteiger partial charge in [0.25, 0.3) is 0 Å². The Morgan fingerprint density at radius 2 is 2.25 bits per heavy atom. The van der Waals surface area contributed by atoms with Crippen molar-refractivity contribution in [2.24, 2.45) is 5.73 Å². The standard InChI is InChI=1S/C11H17N5/c1-9(2)16-11(13-8-14-16)7-15-5-3-4-10(15)6-12/h3-5,8-9H,6-7,12H2,1-2H3. The number of rotatable bonds is 4. The highest BCUT2D eigenvalue weighted by molar-refractivity contribution is 5.08. The van der Waals surface area contributed by atoms with Gasteiger partial charge in [0.15, 0.2) is 0 Å². The van der Waals surface area contributed by atoms with Gasteiger partial charge in [-0.1, -0.05) is 0 Å². The van der Waals surface area contributed by atoms with E-state index in [0.717, 1.165) is 18.1 Å². The van der Waals surface area contributed by atoms with Crippen LogP contribution in [0.25, 0.3) is 0 Å². The van der Waals surface area contributed by atoms with Gasteiger partial charge in [-0.25, -0.2) is 9.67 Å². The zero-order valence-corrected chi connectivity index (χ0v) is 9.67. The van der Waals surface area contributed by atoms with Gasteiger partial charge in [-0.15, -0.1) is 0 Å². The maximum absolute atomic E-state index is 5.66. The number of hydrogen-bond donors (Lipinski definition) is 1. The molecule has 0 spiro atoms. The third-order valence-corrected chi connectivity index (χ3v) is 2.58. The van der Waals surface area contributed by atoms with Crippen molar-refractivity contribution in [2.75, 3.05) is 0 Å². The third kappa shape index (κ3) is 1.99. The highest BCUT2D eigenvalue weighted by atomic mass is 15.4. The summed E-state index contributed by atoms with van der Waals surface area (Å²) in [5.74, 6) is 0.959. The van der Waals surface area contributed by atoms with E-state index in [1.807, 2.05) is 23.0 Å². The van der Waals surface area contributed by atoms with Crippen molar-refractivity contribution in [1.82, 2.24) is 19.3 Å². The highest BCUT2D eigenvalue weighted by Gasteiger charge is 2.09. The van der Waals surface area contributed by atoms with Crippen LogP contribution in [-0.2, 0) is 13.1 Å². The fourth-order valence-corrected chi connectivity index (χ4v) is 1.76. The molecule has 0 aliphatic rings. The lowest BCUT2D eigenvalue weighted by atomic mass is 10.4. The Labute approximate surface area is 94.9 Å². The second kappa shape index (κ2) is 4.49. The first kappa shape index (κ1) is 10.9. The largest absolute Gasteiger partial charge is 0.343 e. The fraction of sp³-hybridized carbons (Fsp3) is 0.455. The average molecular weight is 219 g/mol. The Hall–Kier alpha value is -1.62. The van der Waals surface area contributed by atoms with Crippen LogP contribution < -0.4 is 5.73 Å². The molecule has 0 aromatic carbocycles. The Morgan fingerprint density at radius 1 is 1.44 bits per heavy atom. The number of nitrogens with zero attached hydrogens (tertiary/aromatic N) is 4. The molecule has 2 N–H and O–H groups in total. The molecule has 0 bridgehead atoms. The van der Waals surface area contributed by atoms with Crippen molar-refractivity contribution in [2.45, 2.75) is 33.0 Å². The molecule has 5 heteroatoms. The highest BCUT2D eigenvalue weighted by Crippen LogP contribution is 2.09. The monoisotopic (exact) mass is 219 g/mol. The van der Waals surface area contributed by atoms with Gasteiger partial charge in [0.2, 0.25) is 0 Å². The zero-order valence-electron chi connectivity index (χ0n) is 9.67.